The Morgan fingerprint density at radius 3 is 2.56 bits per heavy atom. The molecule has 1 heterocycles. The van der Waals surface area contributed by atoms with E-state index in [9.17, 15) is 14.4 Å². The van der Waals surface area contributed by atoms with Crippen LogP contribution in [0.5, 0.6) is 0 Å². The number of piperidine rings is 1. The van der Waals surface area contributed by atoms with E-state index in [4.69, 9.17) is 5.11 Å². The molecule has 0 spiro atoms. The van der Waals surface area contributed by atoms with Crippen molar-refractivity contribution in [2.75, 3.05) is 6.54 Å². The topological polar surface area (TPSA) is 74.7 Å². The maximum Gasteiger partial charge on any atom is 0.326 e. The molecule has 90 valence electrons. The van der Waals surface area contributed by atoms with E-state index in [0.717, 1.165) is 12.8 Å². The molecule has 1 N–H and O–H groups in total. The number of aliphatic carboxylic acids is 1. The maximum absolute atomic E-state index is 11.7. The molecule has 0 radical (unpaired) electrons. The van der Waals surface area contributed by atoms with Crippen LogP contribution in [-0.2, 0) is 14.4 Å². The van der Waals surface area contributed by atoms with Crippen LogP contribution in [0.25, 0.3) is 0 Å². The van der Waals surface area contributed by atoms with Crippen molar-refractivity contribution in [3.8, 4) is 0 Å². The minimum atomic E-state index is -1.02. The van der Waals surface area contributed by atoms with E-state index < -0.39 is 23.7 Å². The molecule has 1 atom stereocenters. The van der Waals surface area contributed by atoms with E-state index in [1.807, 2.05) is 6.92 Å². The first-order valence-electron chi connectivity index (χ1n) is 5.64. The zero-order valence-corrected chi connectivity index (χ0v) is 9.44. The van der Waals surface area contributed by atoms with Gasteiger partial charge in [-0.3, -0.25) is 9.59 Å². The minimum Gasteiger partial charge on any atom is -0.480 e. The van der Waals surface area contributed by atoms with Crippen LogP contribution in [0.3, 0.4) is 0 Å². The van der Waals surface area contributed by atoms with Crippen LogP contribution in [-0.4, -0.2) is 40.3 Å². The van der Waals surface area contributed by atoms with E-state index in [1.165, 1.54) is 4.90 Å². The summed E-state index contributed by atoms with van der Waals surface area (Å²) >= 11 is 0. The van der Waals surface area contributed by atoms with Gasteiger partial charge in [0.15, 0.2) is 0 Å². The van der Waals surface area contributed by atoms with E-state index in [2.05, 4.69) is 0 Å². The first kappa shape index (κ1) is 12.7. The number of carbonyl (C=O) groups is 3. The fraction of sp³-hybridized carbons (Fsp3) is 0.727. The summed E-state index contributed by atoms with van der Waals surface area (Å²) in [4.78, 5) is 35.3. The summed E-state index contributed by atoms with van der Waals surface area (Å²) in [6, 6.07) is -0.818. The largest absolute Gasteiger partial charge is 0.480 e. The zero-order valence-electron chi connectivity index (χ0n) is 9.44. The molecule has 1 rings (SSSR count). The summed E-state index contributed by atoms with van der Waals surface area (Å²) in [5, 5.41) is 8.96. The second kappa shape index (κ2) is 5.63. The SMILES string of the molecule is CCCC(=O)C(=O)N1CCCCC1C(=O)O. The van der Waals surface area contributed by atoms with Crippen molar-refractivity contribution >= 4 is 17.7 Å². The highest BCUT2D eigenvalue weighted by Crippen LogP contribution is 2.18. The van der Waals surface area contributed by atoms with Gasteiger partial charge in [0.2, 0.25) is 5.78 Å². The van der Waals surface area contributed by atoms with Gasteiger partial charge in [-0.25, -0.2) is 4.79 Å². The van der Waals surface area contributed by atoms with Crippen LogP contribution in [0.2, 0.25) is 0 Å². The molecule has 0 bridgehead atoms. The van der Waals surface area contributed by atoms with Crippen LogP contribution in [0, 0.1) is 0 Å². The van der Waals surface area contributed by atoms with Gasteiger partial charge in [-0.2, -0.15) is 0 Å². The Labute approximate surface area is 94.4 Å². The molecule has 1 amide bonds. The first-order chi connectivity index (χ1) is 7.57. The van der Waals surface area contributed by atoms with E-state index in [-0.39, 0.29) is 6.42 Å². The number of carbonyl (C=O) groups excluding carboxylic acids is 2. The third-order valence-electron chi connectivity index (χ3n) is 2.76. The summed E-state index contributed by atoms with van der Waals surface area (Å²) in [6.45, 7) is 2.20. The van der Waals surface area contributed by atoms with Gasteiger partial charge < -0.3 is 10.0 Å². The molecule has 5 heteroatoms. The molecule has 0 aromatic heterocycles. The Kier molecular flexibility index (Phi) is 4.46. The zero-order chi connectivity index (χ0) is 12.1. The molecule has 1 aliphatic rings. The van der Waals surface area contributed by atoms with E-state index in [1.54, 1.807) is 0 Å². The fourth-order valence-electron chi connectivity index (χ4n) is 1.93. The molecular formula is C11H17NO4. The number of likely N-dealkylation sites (tertiary alicyclic amines) is 1. The van der Waals surface area contributed by atoms with Crippen molar-refractivity contribution in [1.82, 2.24) is 4.90 Å². The van der Waals surface area contributed by atoms with Crippen molar-refractivity contribution in [3.05, 3.63) is 0 Å². The van der Waals surface area contributed by atoms with Crippen molar-refractivity contribution < 1.29 is 19.5 Å². The molecule has 0 aliphatic carbocycles. The third kappa shape index (κ3) is 2.81. The highest BCUT2D eigenvalue weighted by molar-refractivity contribution is 6.36. The minimum absolute atomic E-state index is 0.196. The Morgan fingerprint density at radius 1 is 1.31 bits per heavy atom. The van der Waals surface area contributed by atoms with Gasteiger partial charge >= 0.3 is 5.97 Å². The number of Topliss-reactive ketones (excluding diaryl/α,β-unsaturated/α-hetero) is 1. The van der Waals surface area contributed by atoms with Crippen LogP contribution < -0.4 is 0 Å². The third-order valence-corrected chi connectivity index (χ3v) is 2.76. The number of amides is 1. The average molecular weight is 227 g/mol. The number of hydrogen-bond acceptors (Lipinski definition) is 3. The highest BCUT2D eigenvalue weighted by atomic mass is 16.4. The molecule has 1 aliphatic heterocycles. The average Bonchev–Trinajstić information content (AvgIpc) is 2.28. The molecule has 1 fully saturated rings. The summed E-state index contributed by atoms with van der Waals surface area (Å²) in [5.41, 5.74) is 0. The number of ketones is 1. The van der Waals surface area contributed by atoms with E-state index in [0.29, 0.717) is 19.4 Å². The summed E-state index contributed by atoms with van der Waals surface area (Å²) in [5.74, 6) is -2.12. The van der Waals surface area contributed by atoms with Crippen molar-refractivity contribution in [2.24, 2.45) is 0 Å². The number of hydrogen-bond donors (Lipinski definition) is 1. The second-order valence-corrected chi connectivity index (χ2v) is 4.02. The maximum atomic E-state index is 11.7. The molecule has 16 heavy (non-hydrogen) atoms. The smallest absolute Gasteiger partial charge is 0.326 e. The Bertz CT molecular complexity index is 300. The van der Waals surface area contributed by atoms with Gasteiger partial charge in [0.1, 0.15) is 6.04 Å². The number of rotatable bonds is 4. The Hall–Kier alpha value is -1.39. The molecular weight excluding hydrogens is 210 g/mol. The summed E-state index contributed by atoms with van der Waals surface area (Å²) in [6.07, 6.45) is 2.82. The number of nitrogens with zero attached hydrogens (tertiary/aromatic N) is 1. The van der Waals surface area contributed by atoms with Gasteiger partial charge in [0.25, 0.3) is 5.91 Å². The van der Waals surface area contributed by atoms with Crippen LogP contribution in [0.1, 0.15) is 39.0 Å². The molecule has 0 aromatic carbocycles. The van der Waals surface area contributed by atoms with Gasteiger partial charge in [0.05, 0.1) is 0 Å². The quantitative estimate of drug-likeness (QED) is 0.721. The van der Waals surface area contributed by atoms with Crippen molar-refractivity contribution in [1.29, 1.82) is 0 Å². The predicted octanol–water partition coefficient (Wildman–Crippen LogP) is 0.821. The monoisotopic (exact) mass is 227 g/mol. The lowest BCUT2D eigenvalue weighted by Gasteiger charge is -2.32. The first-order valence-corrected chi connectivity index (χ1v) is 5.64. The lowest BCUT2D eigenvalue weighted by Crippen LogP contribution is -2.50. The molecule has 0 saturated carbocycles. The highest BCUT2D eigenvalue weighted by Gasteiger charge is 2.34. The predicted molar refractivity (Wildman–Crippen MR) is 56.9 cm³/mol. The fourth-order valence-corrected chi connectivity index (χ4v) is 1.93. The van der Waals surface area contributed by atoms with Gasteiger partial charge in [-0.05, 0) is 25.7 Å². The van der Waals surface area contributed by atoms with Crippen LogP contribution >= 0.6 is 0 Å². The summed E-state index contributed by atoms with van der Waals surface area (Å²) in [7, 11) is 0. The number of carboxylic acids is 1. The molecule has 1 saturated heterocycles. The summed E-state index contributed by atoms with van der Waals surface area (Å²) < 4.78 is 0. The van der Waals surface area contributed by atoms with E-state index >= 15 is 0 Å². The lowest BCUT2D eigenvalue weighted by molar-refractivity contribution is -0.155. The molecule has 1 unspecified atom stereocenters. The van der Waals surface area contributed by atoms with Gasteiger partial charge in [-0.1, -0.05) is 6.92 Å². The van der Waals surface area contributed by atoms with Crippen molar-refractivity contribution in [3.63, 3.8) is 0 Å². The number of carboxylic acid groups (broad SMARTS) is 1. The van der Waals surface area contributed by atoms with Gasteiger partial charge in [-0.15, -0.1) is 0 Å². The van der Waals surface area contributed by atoms with Gasteiger partial charge in [0, 0.05) is 13.0 Å². The molecule has 0 aromatic rings. The molecule has 5 nitrogen and oxygen atoms in total. The standard InChI is InChI=1S/C11H17NO4/c1-2-5-9(13)10(14)12-7-4-3-6-8(12)11(15)16/h8H,2-7H2,1H3,(H,15,16). The van der Waals surface area contributed by atoms with Crippen LogP contribution in [0.15, 0.2) is 0 Å². The van der Waals surface area contributed by atoms with Crippen molar-refractivity contribution in [2.45, 2.75) is 45.1 Å². The lowest BCUT2D eigenvalue weighted by atomic mass is 10.0. The van der Waals surface area contributed by atoms with Crippen LogP contribution in [0.4, 0.5) is 0 Å². The second-order valence-electron chi connectivity index (χ2n) is 4.02. The Morgan fingerprint density at radius 2 is 2.00 bits per heavy atom. The Balaban J connectivity index is 2.71. The normalized spacial score (nSPS) is 20.6.